The van der Waals surface area contributed by atoms with Gasteiger partial charge in [-0.2, -0.15) is 0 Å². The van der Waals surface area contributed by atoms with E-state index in [9.17, 15) is 0 Å². The van der Waals surface area contributed by atoms with Crippen LogP contribution in [0.1, 0.15) is 13.8 Å². The van der Waals surface area contributed by atoms with E-state index in [1.54, 1.807) is 12.4 Å². The van der Waals surface area contributed by atoms with E-state index in [0.717, 1.165) is 21.5 Å². The Bertz CT molecular complexity index is 563. The molecule has 0 aliphatic carbocycles. The Balaban J connectivity index is 2.36. The molecule has 0 saturated heterocycles. The van der Waals surface area contributed by atoms with Crippen molar-refractivity contribution in [3.05, 3.63) is 41.3 Å². The summed E-state index contributed by atoms with van der Waals surface area (Å²) in [5, 5.41) is 0. The number of hydrogen-bond donors (Lipinski definition) is 1. The Kier molecular flexibility index (Phi) is 3.54. The first kappa shape index (κ1) is 11.8. The molecule has 0 amide bonds. The van der Waals surface area contributed by atoms with Gasteiger partial charge in [0.05, 0.1) is 12.3 Å². The Labute approximate surface area is 105 Å². The summed E-state index contributed by atoms with van der Waals surface area (Å²) in [5.41, 5.74) is 1.91. The molecule has 1 N–H and O–H groups in total. The lowest BCUT2D eigenvalue weighted by Gasteiger charge is -2.10. The van der Waals surface area contributed by atoms with Crippen molar-refractivity contribution in [2.45, 2.75) is 20.0 Å². The summed E-state index contributed by atoms with van der Waals surface area (Å²) in [6, 6.07) is 5.71. The second-order valence-corrected chi connectivity index (χ2v) is 4.49. The quantitative estimate of drug-likeness (QED) is 0.841. The Morgan fingerprint density at radius 2 is 2.12 bits per heavy atom. The van der Waals surface area contributed by atoms with Crippen LogP contribution in [0.5, 0.6) is 5.75 Å². The van der Waals surface area contributed by atoms with Crippen molar-refractivity contribution in [3.63, 3.8) is 0 Å². The maximum Gasteiger partial charge on any atom is 0.138 e. The summed E-state index contributed by atoms with van der Waals surface area (Å²) < 4.78 is 6.40. The van der Waals surface area contributed by atoms with Crippen LogP contribution >= 0.6 is 12.2 Å². The van der Waals surface area contributed by atoms with Crippen molar-refractivity contribution in [1.82, 2.24) is 9.97 Å². The van der Waals surface area contributed by atoms with Crippen LogP contribution in [-0.4, -0.2) is 16.1 Å². The van der Waals surface area contributed by atoms with E-state index < -0.39 is 0 Å². The van der Waals surface area contributed by atoms with E-state index in [4.69, 9.17) is 17.0 Å². The zero-order valence-electron chi connectivity index (χ0n) is 9.81. The maximum absolute atomic E-state index is 5.60. The van der Waals surface area contributed by atoms with Crippen molar-refractivity contribution in [2.75, 3.05) is 0 Å². The van der Waals surface area contributed by atoms with E-state index in [0.29, 0.717) is 0 Å². The molecular formula is C13H14N2OS. The molecular weight excluding hydrogens is 232 g/mol. The molecule has 88 valence electrons. The third-order valence-electron chi connectivity index (χ3n) is 2.17. The van der Waals surface area contributed by atoms with Crippen LogP contribution < -0.4 is 4.74 Å². The summed E-state index contributed by atoms with van der Waals surface area (Å²) >= 11 is 5.13. The van der Waals surface area contributed by atoms with Gasteiger partial charge in [0.1, 0.15) is 5.75 Å². The fourth-order valence-electron chi connectivity index (χ4n) is 1.52. The molecule has 4 heteroatoms. The fraction of sp³-hybridized carbons (Fsp3) is 0.231. The highest BCUT2D eigenvalue weighted by Crippen LogP contribution is 2.21. The molecule has 2 heterocycles. The number of nitrogens with zero attached hydrogens (tertiary/aromatic N) is 1. The smallest absolute Gasteiger partial charge is 0.138 e. The fourth-order valence-corrected chi connectivity index (χ4v) is 1.70. The molecule has 0 aromatic carbocycles. The van der Waals surface area contributed by atoms with Gasteiger partial charge < -0.3 is 9.72 Å². The van der Waals surface area contributed by atoms with Crippen molar-refractivity contribution in [1.29, 1.82) is 0 Å². The first-order valence-corrected chi connectivity index (χ1v) is 5.87. The lowest BCUT2D eigenvalue weighted by Crippen LogP contribution is -2.05. The molecule has 0 fully saturated rings. The van der Waals surface area contributed by atoms with Gasteiger partial charge in [-0.1, -0.05) is 12.2 Å². The Morgan fingerprint density at radius 1 is 1.29 bits per heavy atom. The monoisotopic (exact) mass is 246 g/mol. The Morgan fingerprint density at radius 3 is 2.82 bits per heavy atom. The maximum atomic E-state index is 5.60. The van der Waals surface area contributed by atoms with Crippen molar-refractivity contribution in [2.24, 2.45) is 0 Å². The number of aromatic amines is 1. The minimum Gasteiger partial charge on any atom is -0.489 e. The predicted molar refractivity (Wildman–Crippen MR) is 70.6 cm³/mol. The van der Waals surface area contributed by atoms with E-state index in [1.165, 1.54) is 0 Å². The third-order valence-corrected chi connectivity index (χ3v) is 2.42. The number of hydrogen-bond acceptors (Lipinski definition) is 3. The van der Waals surface area contributed by atoms with Crippen LogP contribution in [0.3, 0.4) is 0 Å². The molecule has 0 bridgehead atoms. The van der Waals surface area contributed by atoms with Crippen LogP contribution in [-0.2, 0) is 0 Å². The topological polar surface area (TPSA) is 37.9 Å². The van der Waals surface area contributed by atoms with E-state index >= 15 is 0 Å². The summed E-state index contributed by atoms with van der Waals surface area (Å²) in [6.45, 7) is 3.98. The molecule has 0 radical (unpaired) electrons. The van der Waals surface area contributed by atoms with Crippen LogP contribution in [0.2, 0.25) is 0 Å². The van der Waals surface area contributed by atoms with Crippen LogP contribution in [0, 0.1) is 4.51 Å². The summed E-state index contributed by atoms with van der Waals surface area (Å²) in [6.07, 6.45) is 5.46. The molecule has 0 aliphatic rings. The second kappa shape index (κ2) is 5.10. The number of pyridine rings is 2. The van der Waals surface area contributed by atoms with Gasteiger partial charge in [-0.3, -0.25) is 4.98 Å². The highest BCUT2D eigenvalue weighted by Gasteiger charge is 2.02. The van der Waals surface area contributed by atoms with Crippen LogP contribution in [0.15, 0.2) is 36.8 Å². The average molecular weight is 246 g/mol. The summed E-state index contributed by atoms with van der Waals surface area (Å²) in [7, 11) is 0. The third kappa shape index (κ3) is 3.14. The summed E-state index contributed by atoms with van der Waals surface area (Å²) in [5.74, 6) is 0.765. The van der Waals surface area contributed by atoms with Gasteiger partial charge in [-0.25, -0.2) is 0 Å². The Hall–Kier alpha value is -1.68. The van der Waals surface area contributed by atoms with Crippen molar-refractivity contribution >= 4 is 12.2 Å². The number of nitrogens with one attached hydrogen (secondary N) is 1. The molecule has 0 unspecified atom stereocenters. The van der Waals surface area contributed by atoms with Crippen molar-refractivity contribution in [3.8, 4) is 17.0 Å². The van der Waals surface area contributed by atoms with Crippen LogP contribution in [0.4, 0.5) is 0 Å². The molecule has 0 saturated carbocycles. The SMILES string of the molecule is CC(C)Oc1cncc(-c2cc(=S)cc[nH]2)c1. The van der Waals surface area contributed by atoms with E-state index in [2.05, 4.69) is 9.97 Å². The average Bonchev–Trinajstić information content (AvgIpc) is 2.28. The molecule has 2 aromatic rings. The molecule has 0 spiro atoms. The predicted octanol–water partition coefficient (Wildman–Crippen LogP) is 3.59. The lowest BCUT2D eigenvalue weighted by molar-refractivity contribution is 0.241. The second-order valence-electron chi connectivity index (χ2n) is 4.01. The molecule has 2 aromatic heterocycles. The van der Waals surface area contributed by atoms with Gasteiger partial charge in [-0.15, -0.1) is 0 Å². The number of aromatic nitrogens is 2. The van der Waals surface area contributed by atoms with Gasteiger partial charge in [0.15, 0.2) is 0 Å². The van der Waals surface area contributed by atoms with E-state index in [1.807, 2.05) is 38.2 Å². The normalized spacial score (nSPS) is 10.5. The minimum atomic E-state index is 0.140. The van der Waals surface area contributed by atoms with Gasteiger partial charge in [-0.05, 0) is 32.0 Å². The largest absolute Gasteiger partial charge is 0.489 e. The van der Waals surface area contributed by atoms with Gasteiger partial charge >= 0.3 is 0 Å². The summed E-state index contributed by atoms with van der Waals surface area (Å²) in [4.78, 5) is 7.31. The molecule has 3 nitrogen and oxygen atoms in total. The van der Waals surface area contributed by atoms with Crippen molar-refractivity contribution < 1.29 is 4.74 Å². The highest BCUT2D eigenvalue weighted by molar-refractivity contribution is 7.71. The lowest BCUT2D eigenvalue weighted by atomic mass is 10.2. The standard InChI is InChI=1S/C13H14N2OS/c1-9(2)16-11-5-10(7-14-8-11)13-6-12(17)3-4-15-13/h3-9H,1-2H3,(H,15,17). The van der Waals surface area contributed by atoms with Gasteiger partial charge in [0.2, 0.25) is 0 Å². The molecule has 17 heavy (non-hydrogen) atoms. The van der Waals surface area contributed by atoms with E-state index in [-0.39, 0.29) is 6.10 Å². The number of rotatable bonds is 3. The minimum absolute atomic E-state index is 0.140. The zero-order chi connectivity index (χ0) is 12.3. The zero-order valence-corrected chi connectivity index (χ0v) is 10.6. The number of ether oxygens (including phenoxy) is 1. The molecule has 2 rings (SSSR count). The highest BCUT2D eigenvalue weighted by atomic mass is 32.1. The molecule has 0 aliphatic heterocycles. The molecule has 0 atom stereocenters. The number of H-pyrrole nitrogens is 1. The first-order valence-electron chi connectivity index (χ1n) is 5.46. The van der Waals surface area contributed by atoms with Gasteiger partial charge in [0, 0.05) is 28.2 Å². The van der Waals surface area contributed by atoms with Crippen LogP contribution in [0.25, 0.3) is 11.3 Å². The van der Waals surface area contributed by atoms with Gasteiger partial charge in [0.25, 0.3) is 0 Å². The first-order chi connectivity index (χ1) is 8.15.